The van der Waals surface area contributed by atoms with Crippen molar-refractivity contribution in [2.45, 2.75) is 18.4 Å². The maximum Gasteiger partial charge on any atom is 0.240 e. The lowest BCUT2D eigenvalue weighted by atomic mass is 10.2. The minimum atomic E-state index is -3.60. The number of ether oxygens (including phenoxy) is 1. The molecule has 3 rings (SSSR count). The Labute approximate surface area is 140 Å². The fourth-order valence-corrected chi connectivity index (χ4v) is 3.14. The van der Waals surface area contributed by atoms with Crippen molar-refractivity contribution < 1.29 is 17.6 Å². The monoisotopic (exact) mass is 343 g/mol. The van der Waals surface area contributed by atoms with Gasteiger partial charge in [0.1, 0.15) is 17.3 Å². The van der Waals surface area contributed by atoms with Gasteiger partial charge < -0.3 is 9.15 Å². The van der Waals surface area contributed by atoms with Crippen LogP contribution in [0.25, 0.3) is 0 Å². The third kappa shape index (κ3) is 3.84. The molecule has 5 nitrogen and oxygen atoms in total. The van der Waals surface area contributed by atoms with Gasteiger partial charge in [-0.2, -0.15) is 0 Å². The maximum absolute atomic E-state index is 12.3. The topological polar surface area (TPSA) is 68.5 Å². The summed E-state index contributed by atoms with van der Waals surface area (Å²) in [6, 6.07) is 17.3. The number of aryl methyl sites for hydroxylation is 1. The van der Waals surface area contributed by atoms with E-state index >= 15 is 0 Å². The third-order valence-electron chi connectivity index (χ3n) is 3.47. The average Bonchev–Trinajstić information content (AvgIpc) is 3.09. The summed E-state index contributed by atoms with van der Waals surface area (Å²) in [4.78, 5) is 0.172. The van der Waals surface area contributed by atoms with Crippen molar-refractivity contribution in [1.82, 2.24) is 4.72 Å². The minimum absolute atomic E-state index is 0.108. The predicted molar refractivity (Wildman–Crippen MR) is 90.4 cm³/mol. The molecule has 2 aromatic carbocycles. The van der Waals surface area contributed by atoms with Gasteiger partial charge in [-0.25, -0.2) is 13.1 Å². The highest BCUT2D eigenvalue weighted by Crippen LogP contribution is 2.25. The largest absolute Gasteiger partial charge is 0.468 e. The molecule has 0 aliphatic heterocycles. The van der Waals surface area contributed by atoms with E-state index in [2.05, 4.69) is 4.72 Å². The number of hydrogen-bond acceptors (Lipinski definition) is 4. The van der Waals surface area contributed by atoms with Gasteiger partial charge in [0.2, 0.25) is 10.0 Å². The Morgan fingerprint density at radius 2 is 1.75 bits per heavy atom. The van der Waals surface area contributed by atoms with Gasteiger partial charge >= 0.3 is 0 Å². The van der Waals surface area contributed by atoms with E-state index < -0.39 is 10.0 Å². The van der Waals surface area contributed by atoms with Gasteiger partial charge in [-0.05, 0) is 55.0 Å². The van der Waals surface area contributed by atoms with E-state index in [0.29, 0.717) is 11.5 Å². The molecule has 0 saturated carbocycles. The highest BCUT2D eigenvalue weighted by atomic mass is 32.2. The van der Waals surface area contributed by atoms with Crippen molar-refractivity contribution in [3.05, 3.63) is 78.3 Å². The number of rotatable bonds is 6. The molecule has 0 amide bonds. The number of para-hydroxylation sites is 1. The summed E-state index contributed by atoms with van der Waals surface area (Å²) in [5, 5.41) is 0. The third-order valence-corrected chi connectivity index (χ3v) is 4.89. The van der Waals surface area contributed by atoms with Crippen LogP contribution in [-0.2, 0) is 16.6 Å². The van der Waals surface area contributed by atoms with Crippen LogP contribution in [0.4, 0.5) is 0 Å². The minimum Gasteiger partial charge on any atom is -0.468 e. The molecule has 0 spiro atoms. The molecule has 0 aliphatic rings. The van der Waals surface area contributed by atoms with Crippen molar-refractivity contribution in [1.29, 1.82) is 0 Å². The molecule has 124 valence electrons. The first-order valence-electron chi connectivity index (χ1n) is 7.40. The van der Waals surface area contributed by atoms with Gasteiger partial charge in [-0.3, -0.25) is 0 Å². The second-order valence-electron chi connectivity index (χ2n) is 5.24. The summed E-state index contributed by atoms with van der Waals surface area (Å²) < 4.78 is 37.9. The Balaban J connectivity index is 1.70. The van der Waals surface area contributed by atoms with Crippen LogP contribution < -0.4 is 9.46 Å². The van der Waals surface area contributed by atoms with Gasteiger partial charge in [-0.1, -0.05) is 18.2 Å². The van der Waals surface area contributed by atoms with Gasteiger partial charge in [0.05, 0.1) is 17.7 Å². The van der Waals surface area contributed by atoms with Gasteiger partial charge in [-0.15, -0.1) is 0 Å². The highest BCUT2D eigenvalue weighted by molar-refractivity contribution is 7.89. The van der Waals surface area contributed by atoms with Gasteiger partial charge in [0.25, 0.3) is 0 Å². The molecule has 0 atom stereocenters. The Hall–Kier alpha value is -2.57. The number of furan rings is 1. The van der Waals surface area contributed by atoms with Crippen LogP contribution in [0.1, 0.15) is 11.3 Å². The molecule has 3 aromatic rings. The smallest absolute Gasteiger partial charge is 0.240 e. The van der Waals surface area contributed by atoms with Crippen LogP contribution >= 0.6 is 0 Å². The van der Waals surface area contributed by atoms with Crippen molar-refractivity contribution >= 4 is 10.0 Å². The molecule has 0 unspecified atom stereocenters. The second kappa shape index (κ2) is 6.90. The molecule has 0 radical (unpaired) electrons. The lowest BCUT2D eigenvalue weighted by Crippen LogP contribution is -2.22. The number of sulfonamides is 1. The van der Waals surface area contributed by atoms with Crippen LogP contribution in [0.5, 0.6) is 11.5 Å². The van der Waals surface area contributed by atoms with Crippen LogP contribution in [0.3, 0.4) is 0 Å². The zero-order valence-electron chi connectivity index (χ0n) is 13.1. The Morgan fingerprint density at radius 3 is 2.42 bits per heavy atom. The fraction of sp³-hybridized carbons (Fsp3) is 0.111. The zero-order valence-corrected chi connectivity index (χ0v) is 13.9. The molecule has 0 aliphatic carbocycles. The lowest BCUT2D eigenvalue weighted by Gasteiger charge is -2.09. The molecule has 0 fully saturated rings. The Bertz CT molecular complexity index is 900. The van der Waals surface area contributed by atoms with E-state index in [1.807, 2.05) is 31.2 Å². The predicted octanol–water partition coefficient (Wildman–Crippen LogP) is 3.86. The van der Waals surface area contributed by atoms with E-state index in [1.54, 1.807) is 24.3 Å². The highest BCUT2D eigenvalue weighted by Gasteiger charge is 2.14. The van der Waals surface area contributed by atoms with Gasteiger partial charge in [0, 0.05) is 0 Å². The Morgan fingerprint density at radius 1 is 1.00 bits per heavy atom. The fourth-order valence-electron chi connectivity index (χ4n) is 2.15. The summed E-state index contributed by atoms with van der Waals surface area (Å²) in [5.41, 5.74) is 1.01. The van der Waals surface area contributed by atoms with Crippen LogP contribution in [0.2, 0.25) is 0 Å². The van der Waals surface area contributed by atoms with E-state index in [-0.39, 0.29) is 11.4 Å². The summed E-state index contributed by atoms with van der Waals surface area (Å²) in [6.07, 6.45) is 1.50. The van der Waals surface area contributed by atoms with Crippen LogP contribution in [0, 0.1) is 6.92 Å². The van der Waals surface area contributed by atoms with E-state index in [9.17, 15) is 8.42 Å². The van der Waals surface area contributed by atoms with Crippen molar-refractivity contribution in [2.24, 2.45) is 0 Å². The molecule has 1 aromatic heterocycles. The zero-order chi connectivity index (χ0) is 17.0. The first kappa shape index (κ1) is 16.3. The quantitative estimate of drug-likeness (QED) is 0.738. The molecule has 1 heterocycles. The molecule has 0 saturated heterocycles. The summed E-state index contributed by atoms with van der Waals surface area (Å²) in [5.74, 6) is 1.87. The molecule has 1 N–H and O–H groups in total. The normalized spacial score (nSPS) is 11.4. The van der Waals surface area contributed by atoms with Crippen LogP contribution in [0.15, 0.2) is 76.2 Å². The van der Waals surface area contributed by atoms with E-state index in [1.165, 1.54) is 18.4 Å². The Kier molecular flexibility index (Phi) is 4.69. The lowest BCUT2D eigenvalue weighted by molar-refractivity contribution is 0.478. The SMILES string of the molecule is Cc1ccccc1Oc1ccc(S(=O)(=O)NCc2ccco2)cc1. The number of hydrogen-bond donors (Lipinski definition) is 1. The molecule has 6 heteroatoms. The first-order valence-corrected chi connectivity index (χ1v) is 8.88. The molecular formula is C18H17NO4S. The summed E-state index contributed by atoms with van der Waals surface area (Å²) in [6.45, 7) is 2.06. The number of nitrogens with one attached hydrogen (secondary N) is 1. The van der Waals surface area contributed by atoms with Crippen molar-refractivity contribution in [2.75, 3.05) is 0 Å². The maximum atomic E-state index is 12.3. The number of benzene rings is 2. The molecule has 0 bridgehead atoms. The molecule has 24 heavy (non-hydrogen) atoms. The van der Waals surface area contributed by atoms with E-state index in [0.717, 1.165) is 11.3 Å². The first-order chi connectivity index (χ1) is 11.5. The summed E-state index contributed by atoms with van der Waals surface area (Å²) in [7, 11) is -3.60. The van der Waals surface area contributed by atoms with E-state index in [4.69, 9.17) is 9.15 Å². The summed E-state index contributed by atoms with van der Waals surface area (Å²) >= 11 is 0. The van der Waals surface area contributed by atoms with Gasteiger partial charge in [0.15, 0.2) is 0 Å². The van der Waals surface area contributed by atoms with Crippen molar-refractivity contribution in [3.63, 3.8) is 0 Å². The average molecular weight is 343 g/mol. The standard InChI is InChI=1S/C18H17NO4S/c1-14-5-2-3-7-18(14)23-15-8-10-17(11-9-15)24(20,21)19-13-16-6-4-12-22-16/h2-12,19H,13H2,1H3. The van der Waals surface area contributed by atoms with Crippen LogP contribution in [-0.4, -0.2) is 8.42 Å². The van der Waals surface area contributed by atoms with Crippen molar-refractivity contribution in [3.8, 4) is 11.5 Å². The second-order valence-corrected chi connectivity index (χ2v) is 7.01. The molecular weight excluding hydrogens is 326 g/mol.